The molecule has 0 aliphatic rings. The van der Waals surface area contributed by atoms with Crippen LogP contribution in [0.2, 0.25) is 0 Å². The number of rotatable bonds is 18. The molecule has 0 unspecified atom stereocenters. The van der Waals surface area contributed by atoms with Gasteiger partial charge in [0, 0.05) is 83.4 Å². The number of hydrogen-bond donors (Lipinski definition) is 4. The fourth-order valence-corrected chi connectivity index (χ4v) is 3.97. The number of amides is 2. The van der Waals surface area contributed by atoms with E-state index in [1.807, 2.05) is 48.0 Å². The smallest absolute Gasteiger partial charge is 0.220 e. The van der Waals surface area contributed by atoms with Gasteiger partial charge in [0.05, 0.1) is 25.6 Å². The molecule has 42 heavy (non-hydrogen) atoms. The van der Waals surface area contributed by atoms with E-state index in [9.17, 15) is 9.59 Å². The second kappa shape index (κ2) is 16.8. The molecule has 0 spiro atoms. The van der Waals surface area contributed by atoms with E-state index in [-0.39, 0.29) is 11.8 Å². The van der Waals surface area contributed by atoms with Gasteiger partial charge in [0.1, 0.15) is 13.2 Å². The van der Waals surface area contributed by atoms with Crippen molar-refractivity contribution in [2.24, 2.45) is 7.05 Å². The summed E-state index contributed by atoms with van der Waals surface area (Å²) in [5.41, 5.74) is 3.68. The predicted octanol–water partition coefficient (Wildman–Crippen LogP) is 1.44. The molecule has 0 saturated heterocycles. The molecule has 0 radical (unpaired) electrons. The fourth-order valence-electron chi connectivity index (χ4n) is 3.97. The maximum absolute atomic E-state index is 11.0. The Morgan fingerprint density at radius 3 is 1.50 bits per heavy atom. The van der Waals surface area contributed by atoms with E-state index < -0.39 is 0 Å². The Kier molecular flexibility index (Phi) is 12.9. The van der Waals surface area contributed by atoms with Gasteiger partial charge < -0.3 is 44.8 Å². The minimum atomic E-state index is -0.0553. The molecule has 0 atom stereocenters. The number of hydrogen-bond acceptors (Lipinski definition) is 10. The number of pyridine rings is 2. The first-order valence-corrected chi connectivity index (χ1v) is 13.7. The van der Waals surface area contributed by atoms with Crippen LogP contribution >= 0.6 is 0 Å². The van der Waals surface area contributed by atoms with Crippen LogP contribution in [0.5, 0.6) is 23.5 Å². The Morgan fingerprint density at radius 2 is 1.12 bits per heavy atom. The third-order valence-electron chi connectivity index (χ3n) is 6.26. The summed E-state index contributed by atoms with van der Waals surface area (Å²) in [6.07, 6.45) is 0. The van der Waals surface area contributed by atoms with Gasteiger partial charge in [0.15, 0.2) is 0 Å². The Labute approximate surface area is 246 Å². The molecular formula is C29H41N7O6. The standard InChI is InChI=1S/C29H41N7O6/c1-20(37)32-14-12-30-16-22-6-10-26(34-28(22)39-4)41-18-24-8-9-25(36(24)3)19-42-27-11-7-23(29(35-27)40-5)17-31-13-15-33-21(2)38/h6-11,30-31H,12-19H2,1-5H3,(H,32,37)(H,33,38). The Morgan fingerprint density at radius 1 is 0.690 bits per heavy atom. The topological polar surface area (TPSA) is 150 Å². The van der Waals surface area contributed by atoms with Crippen molar-refractivity contribution in [1.82, 2.24) is 35.8 Å². The number of ether oxygens (including phenoxy) is 4. The van der Waals surface area contributed by atoms with E-state index in [4.69, 9.17) is 18.9 Å². The van der Waals surface area contributed by atoms with E-state index in [1.54, 1.807) is 14.2 Å². The minimum absolute atomic E-state index is 0.0553. The minimum Gasteiger partial charge on any atom is -0.481 e. The summed E-state index contributed by atoms with van der Waals surface area (Å²) in [4.78, 5) is 30.9. The Hall–Kier alpha value is -4.36. The maximum atomic E-state index is 11.0. The van der Waals surface area contributed by atoms with Crippen LogP contribution in [0.1, 0.15) is 36.4 Å². The van der Waals surface area contributed by atoms with Crippen molar-refractivity contribution in [1.29, 1.82) is 0 Å². The number of nitrogens with zero attached hydrogens (tertiary/aromatic N) is 3. The van der Waals surface area contributed by atoms with Crippen molar-refractivity contribution in [2.45, 2.75) is 40.2 Å². The van der Waals surface area contributed by atoms with Gasteiger partial charge in [-0.15, -0.1) is 0 Å². The van der Waals surface area contributed by atoms with Gasteiger partial charge in [-0.05, 0) is 24.3 Å². The summed E-state index contributed by atoms with van der Waals surface area (Å²) in [7, 11) is 5.09. The van der Waals surface area contributed by atoms with Crippen LogP contribution in [0.15, 0.2) is 36.4 Å². The zero-order valence-corrected chi connectivity index (χ0v) is 24.9. The summed E-state index contributed by atoms with van der Waals surface area (Å²) >= 11 is 0. The molecule has 3 aromatic rings. The predicted molar refractivity (Wildman–Crippen MR) is 156 cm³/mol. The highest BCUT2D eigenvalue weighted by Gasteiger charge is 2.12. The molecular weight excluding hydrogens is 542 g/mol. The molecule has 3 heterocycles. The van der Waals surface area contributed by atoms with Gasteiger partial charge in [0.25, 0.3) is 0 Å². The summed E-state index contributed by atoms with van der Waals surface area (Å²) in [6.45, 7) is 7.09. The lowest BCUT2D eigenvalue weighted by Crippen LogP contribution is -2.30. The molecule has 4 N–H and O–H groups in total. The van der Waals surface area contributed by atoms with Crippen molar-refractivity contribution in [3.63, 3.8) is 0 Å². The number of aromatic nitrogens is 3. The first kappa shape index (κ1) is 32.2. The summed E-state index contributed by atoms with van der Waals surface area (Å²) < 4.78 is 24.8. The zero-order valence-electron chi connectivity index (χ0n) is 24.9. The number of carbonyl (C=O) groups is 2. The van der Waals surface area contributed by atoms with Crippen molar-refractivity contribution in [3.05, 3.63) is 58.9 Å². The Bertz CT molecular complexity index is 1220. The van der Waals surface area contributed by atoms with Crippen LogP contribution in [0, 0.1) is 0 Å². The van der Waals surface area contributed by atoms with Gasteiger partial charge in [-0.1, -0.05) is 0 Å². The quantitative estimate of drug-likeness (QED) is 0.162. The highest BCUT2D eigenvalue weighted by molar-refractivity contribution is 5.73. The Balaban J connectivity index is 1.49. The molecule has 3 aromatic heterocycles. The molecule has 13 nitrogen and oxygen atoms in total. The van der Waals surface area contributed by atoms with E-state index in [0.717, 1.165) is 22.5 Å². The monoisotopic (exact) mass is 583 g/mol. The first-order chi connectivity index (χ1) is 20.3. The number of carbonyl (C=O) groups excluding carboxylic acids is 2. The van der Waals surface area contributed by atoms with Crippen molar-refractivity contribution >= 4 is 11.8 Å². The molecule has 228 valence electrons. The van der Waals surface area contributed by atoms with Gasteiger partial charge in [-0.2, -0.15) is 9.97 Å². The second-order valence-electron chi connectivity index (χ2n) is 9.41. The molecule has 0 fully saturated rings. The third-order valence-corrected chi connectivity index (χ3v) is 6.26. The SMILES string of the molecule is COc1nc(OCc2ccc(COc3ccc(CNCCNC(C)=O)c(OC)n3)n2C)ccc1CNCCNC(C)=O. The maximum Gasteiger partial charge on any atom is 0.220 e. The number of methoxy groups -OCH3 is 2. The van der Waals surface area contributed by atoms with Gasteiger partial charge in [-0.25, -0.2) is 0 Å². The van der Waals surface area contributed by atoms with Crippen LogP contribution in [-0.4, -0.2) is 66.7 Å². The average Bonchev–Trinajstić information content (AvgIpc) is 3.33. The van der Waals surface area contributed by atoms with Crippen LogP contribution < -0.4 is 40.2 Å². The summed E-state index contributed by atoms with van der Waals surface area (Å²) in [6, 6.07) is 11.4. The first-order valence-electron chi connectivity index (χ1n) is 13.7. The van der Waals surface area contributed by atoms with Gasteiger partial charge in [0.2, 0.25) is 35.3 Å². The third kappa shape index (κ3) is 10.2. The van der Waals surface area contributed by atoms with E-state index in [1.165, 1.54) is 13.8 Å². The lowest BCUT2D eigenvalue weighted by Gasteiger charge is -2.13. The van der Waals surface area contributed by atoms with Crippen LogP contribution in [0.3, 0.4) is 0 Å². The van der Waals surface area contributed by atoms with E-state index in [0.29, 0.717) is 76.0 Å². The molecule has 0 saturated carbocycles. The average molecular weight is 584 g/mol. The molecule has 13 heteroatoms. The summed E-state index contributed by atoms with van der Waals surface area (Å²) in [5, 5.41) is 12.0. The van der Waals surface area contributed by atoms with Crippen molar-refractivity contribution in [2.75, 3.05) is 40.4 Å². The normalized spacial score (nSPS) is 10.7. The highest BCUT2D eigenvalue weighted by atomic mass is 16.5. The molecule has 0 aliphatic carbocycles. The van der Waals surface area contributed by atoms with Crippen LogP contribution in [-0.2, 0) is 42.9 Å². The van der Waals surface area contributed by atoms with Crippen molar-refractivity contribution in [3.8, 4) is 23.5 Å². The lowest BCUT2D eigenvalue weighted by molar-refractivity contribution is -0.119. The van der Waals surface area contributed by atoms with Crippen LogP contribution in [0.25, 0.3) is 0 Å². The van der Waals surface area contributed by atoms with Crippen LogP contribution in [0.4, 0.5) is 0 Å². The van der Waals surface area contributed by atoms with Gasteiger partial charge >= 0.3 is 0 Å². The van der Waals surface area contributed by atoms with Crippen molar-refractivity contribution < 1.29 is 28.5 Å². The summed E-state index contributed by atoms with van der Waals surface area (Å²) in [5.74, 6) is 1.76. The molecule has 3 rings (SSSR count). The largest absolute Gasteiger partial charge is 0.481 e. The molecule has 0 bridgehead atoms. The molecule has 0 aromatic carbocycles. The molecule has 2 amide bonds. The number of nitrogens with one attached hydrogen (secondary N) is 4. The van der Waals surface area contributed by atoms with E-state index in [2.05, 4.69) is 31.2 Å². The second-order valence-corrected chi connectivity index (χ2v) is 9.41. The van der Waals surface area contributed by atoms with Gasteiger partial charge in [-0.3, -0.25) is 9.59 Å². The fraction of sp³-hybridized carbons (Fsp3) is 0.448. The lowest BCUT2D eigenvalue weighted by atomic mass is 10.2. The molecule has 0 aliphatic heterocycles. The zero-order chi connectivity index (χ0) is 30.3. The highest BCUT2D eigenvalue weighted by Crippen LogP contribution is 2.22. The van der Waals surface area contributed by atoms with E-state index >= 15 is 0 Å².